The van der Waals surface area contributed by atoms with Crippen molar-refractivity contribution in [3.63, 3.8) is 0 Å². The maximum Gasteiger partial charge on any atom is 0.0371 e. The molecule has 0 heterocycles. The minimum Gasteiger partial charge on any atom is -0.365 e. The van der Waals surface area contributed by atoms with Gasteiger partial charge in [0, 0.05) is 18.3 Å². The van der Waals surface area contributed by atoms with E-state index < -0.39 is 0 Å². The molecule has 2 rings (SSSR count). The van der Waals surface area contributed by atoms with Crippen LogP contribution in [0.25, 0.3) is 6.08 Å². The van der Waals surface area contributed by atoms with E-state index in [0.717, 1.165) is 6.54 Å². The second kappa shape index (κ2) is 6.79. The van der Waals surface area contributed by atoms with Crippen molar-refractivity contribution in [1.29, 1.82) is 0 Å². The second-order valence-corrected chi connectivity index (χ2v) is 4.89. The van der Waals surface area contributed by atoms with E-state index in [9.17, 15) is 0 Å². The molecule has 0 aliphatic carbocycles. The molecule has 0 aliphatic heterocycles. The maximum absolute atomic E-state index is 2.39. The van der Waals surface area contributed by atoms with Gasteiger partial charge in [0.15, 0.2) is 0 Å². The third kappa shape index (κ3) is 3.99. The molecule has 0 aliphatic rings. The average molecular weight is 251 g/mol. The topological polar surface area (TPSA) is 3.24 Å². The van der Waals surface area contributed by atoms with Crippen molar-refractivity contribution in [3.8, 4) is 0 Å². The van der Waals surface area contributed by atoms with E-state index in [1.54, 1.807) is 0 Å². The van der Waals surface area contributed by atoms with E-state index >= 15 is 0 Å². The summed E-state index contributed by atoms with van der Waals surface area (Å²) < 4.78 is 0. The molecule has 19 heavy (non-hydrogen) atoms. The number of benzene rings is 2. The van der Waals surface area contributed by atoms with E-state index in [1.165, 1.54) is 11.3 Å². The number of rotatable bonds is 5. The van der Waals surface area contributed by atoms with Crippen LogP contribution in [0, 0.1) is 0 Å². The predicted molar refractivity (Wildman–Crippen MR) is 84.4 cm³/mol. The normalized spacial score (nSPS) is 11.1. The summed E-state index contributed by atoms with van der Waals surface area (Å²) in [4.78, 5) is 2.39. The van der Waals surface area contributed by atoms with Crippen molar-refractivity contribution in [1.82, 2.24) is 0 Å². The Morgan fingerprint density at radius 1 is 0.895 bits per heavy atom. The minimum atomic E-state index is 0.489. The largest absolute Gasteiger partial charge is 0.365 e. The van der Waals surface area contributed by atoms with Crippen LogP contribution in [-0.2, 0) is 0 Å². The maximum atomic E-state index is 2.39. The van der Waals surface area contributed by atoms with Crippen LogP contribution in [0.2, 0.25) is 0 Å². The number of anilines is 1. The fourth-order valence-corrected chi connectivity index (χ4v) is 2.10. The lowest BCUT2D eigenvalue weighted by molar-refractivity contribution is 0.724. The van der Waals surface area contributed by atoms with E-state index in [1.807, 2.05) is 6.07 Å². The lowest BCUT2D eigenvalue weighted by atomic mass is 10.2. The molecule has 0 bridgehead atoms. The van der Waals surface area contributed by atoms with Gasteiger partial charge in [-0.1, -0.05) is 60.7 Å². The first-order chi connectivity index (χ1) is 9.27. The van der Waals surface area contributed by atoms with Crippen LogP contribution in [0.4, 0.5) is 5.69 Å². The number of nitrogens with zero attached hydrogens (tertiary/aromatic N) is 1. The molecular weight excluding hydrogens is 230 g/mol. The molecular formula is C18H21N. The molecule has 2 aromatic rings. The van der Waals surface area contributed by atoms with Crippen LogP contribution < -0.4 is 4.90 Å². The summed E-state index contributed by atoms with van der Waals surface area (Å²) in [6.45, 7) is 5.38. The van der Waals surface area contributed by atoms with Crippen LogP contribution in [0.15, 0.2) is 66.7 Å². The molecule has 2 aromatic carbocycles. The van der Waals surface area contributed by atoms with Gasteiger partial charge in [-0.05, 0) is 31.5 Å². The third-order valence-corrected chi connectivity index (χ3v) is 3.12. The highest BCUT2D eigenvalue weighted by atomic mass is 15.1. The highest BCUT2D eigenvalue weighted by Crippen LogP contribution is 2.16. The lowest BCUT2D eigenvalue weighted by Crippen LogP contribution is -2.30. The van der Waals surface area contributed by atoms with Gasteiger partial charge in [0.25, 0.3) is 0 Å². The van der Waals surface area contributed by atoms with Crippen molar-refractivity contribution in [2.24, 2.45) is 0 Å². The Kier molecular flexibility index (Phi) is 4.79. The summed E-state index contributed by atoms with van der Waals surface area (Å²) in [6.07, 6.45) is 4.40. The van der Waals surface area contributed by atoms with Crippen molar-refractivity contribution in [2.45, 2.75) is 19.9 Å². The highest BCUT2D eigenvalue weighted by Gasteiger charge is 2.07. The van der Waals surface area contributed by atoms with Crippen molar-refractivity contribution in [3.05, 3.63) is 72.3 Å². The molecule has 1 nitrogen and oxygen atoms in total. The van der Waals surface area contributed by atoms with E-state index in [4.69, 9.17) is 0 Å². The van der Waals surface area contributed by atoms with Gasteiger partial charge in [0.05, 0.1) is 0 Å². The molecule has 0 aromatic heterocycles. The summed E-state index contributed by atoms with van der Waals surface area (Å²) in [5.41, 5.74) is 2.52. The van der Waals surface area contributed by atoms with E-state index in [-0.39, 0.29) is 0 Å². The Hall–Kier alpha value is -2.02. The Bertz CT molecular complexity index is 500. The molecule has 0 N–H and O–H groups in total. The van der Waals surface area contributed by atoms with Crippen LogP contribution in [0.5, 0.6) is 0 Å². The third-order valence-electron chi connectivity index (χ3n) is 3.12. The fraction of sp³-hybridized carbons (Fsp3) is 0.222. The number of hydrogen-bond acceptors (Lipinski definition) is 1. The Morgan fingerprint density at radius 3 is 2.05 bits per heavy atom. The smallest absolute Gasteiger partial charge is 0.0371 e. The van der Waals surface area contributed by atoms with Gasteiger partial charge in [0.2, 0.25) is 0 Å². The summed E-state index contributed by atoms with van der Waals surface area (Å²) in [5.74, 6) is 0. The highest BCUT2D eigenvalue weighted by molar-refractivity contribution is 5.52. The molecule has 0 spiro atoms. The molecule has 98 valence electrons. The van der Waals surface area contributed by atoms with Crippen molar-refractivity contribution in [2.75, 3.05) is 11.4 Å². The number of para-hydroxylation sites is 1. The van der Waals surface area contributed by atoms with Gasteiger partial charge in [-0.3, -0.25) is 0 Å². The average Bonchev–Trinajstić information content (AvgIpc) is 2.45. The molecule has 1 heteroatoms. The molecule has 0 fully saturated rings. The minimum absolute atomic E-state index is 0.489. The SMILES string of the molecule is CC(C)N(C/C=C/c1ccccc1)c1ccccc1. The molecule has 0 saturated carbocycles. The molecule has 0 amide bonds. The first-order valence-corrected chi connectivity index (χ1v) is 6.80. The van der Waals surface area contributed by atoms with Crippen LogP contribution in [0.1, 0.15) is 19.4 Å². The van der Waals surface area contributed by atoms with Crippen molar-refractivity contribution < 1.29 is 0 Å². The van der Waals surface area contributed by atoms with Gasteiger partial charge in [0.1, 0.15) is 0 Å². The zero-order valence-electron chi connectivity index (χ0n) is 11.7. The standard InChI is InChI=1S/C18H21N/c1-16(2)19(18-13-7-4-8-14-18)15-9-12-17-10-5-3-6-11-17/h3-14,16H,15H2,1-2H3/b12-9+. The van der Waals surface area contributed by atoms with Gasteiger partial charge in [-0.2, -0.15) is 0 Å². The fourth-order valence-electron chi connectivity index (χ4n) is 2.10. The predicted octanol–water partition coefficient (Wildman–Crippen LogP) is 4.61. The number of hydrogen-bond donors (Lipinski definition) is 0. The van der Waals surface area contributed by atoms with E-state index in [2.05, 4.69) is 85.5 Å². The monoisotopic (exact) mass is 251 g/mol. The molecule has 0 atom stereocenters. The summed E-state index contributed by atoms with van der Waals surface area (Å²) in [5, 5.41) is 0. The van der Waals surface area contributed by atoms with Gasteiger partial charge < -0.3 is 4.90 Å². The summed E-state index contributed by atoms with van der Waals surface area (Å²) >= 11 is 0. The van der Waals surface area contributed by atoms with Gasteiger partial charge >= 0.3 is 0 Å². The second-order valence-electron chi connectivity index (χ2n) is 4.89. The Morgan fingerprint density at radius 2 is 1.47 bits per heavy atom. The quantitative estimate of drug-likeness (QED) is 0.749. The van der Waals surface area contributed by atoms with Crippen molar-refractivity contribution >= 4 is 11.8 Å². The lowest BCUT2D eigenvalue weighted by Gasteiger charge is -2.27. The first-order valence-electron chi connectivity index (χ1n) is 6.80. The van der Waals surface area contributed by atoms with Crippen LogP contribution in [0.3, 0.4) is 0 Å². The first kappa shape index (κ1) is 13.4. The van der Waals surface area contributed by atoms with Gasteiger partial charge in [-0.15, -0.1) is 0 Å². The van der Waals surface area contributed by atoms with E-state index in [0.29, 0.717) is 6.04 Å². The zero-order chi connectivity index (χ0) is 13.5. The molecule has 0 radical (unpaired) electrons. The zero-order valence-corrected chi connectivity index (χ0v) is 11.7. The Balaban J connectivity index is 2.05. The summed E-state index contributed by atoms with van der Waals surface area (Å²) in [7, 11) is 0. The summed E-state index contributed by atoms with van der Waals surface area (Å²) in [6, 6.07) is 21.5. The molecule has 0 saturated heterocycles. The Labute approximate surface area is 116 Å². The van der Waals surface area contributed by atoms with Crippen LogP contribution >= 0.6 is 0 Å². The van der Waals surface area contributed by atoms with Gasteiger partial charge in [-0.25, -0.2) is 0 Å². The van der Waals surface area contributed by atoms with Crippen LogP contribution in [-0.4, -0.2) is 12.6 Å². The molecule has 0 unspecified atom stereocenters.